The Labute approximate surface area is 165 Å². The molecule has 2 aromatic carbocycles. The van der Waals surface area contributed by atoms with Gasteiger partial charge in [-0.15, -0.1) is 0 Å². The van der Waals surface area contributed by atoms with Gasteiger partial charge in [0.15, 0.2) is 0 Å². The van der Waals surface area contributed by atoms with Crippen LogP contribution >= 0.6 is 0 Å². The fourth-order valence-corrected chi connectivity index (χ4v) is 3.04. The van der Waals surface area contributed by atoms with Gasteiger partial charge in [-0.25, -0.2) is 0 Å². The Morgan fingerprint density at radius 1 is 1.14 bits per heavy atom. The Morgan fingerprint density at radius 3 is 2.57 bits per heavy atom. The lowest BCUT2D eigenvalue weighted by molar-refractivity contribution is 0.0670. The van der Waals surface area contributed by atoms with Crippen LogP contribution in [-0.4, -0.2) is 50.1 Å². The van der Waals surface area contributed by atoms with Crippen molar-refractivity contribution in [3.63, 3.8) is 0 Å². The zero-order valence-electron chi connectivity index (χ0n) is 16.3. The molecular weight excluding hydrogens is 356 g/mol. The van der Waals surface area contributed by atoms with Crippen molar-refractivity contribution in [2.75, 3.05) is 27.3 Å². The predicted molar refractivity (Wildman–Crippen MR) is 107 cm³/mol. The third kappa shape index (κ3) is 5.10. The molecule has 2 aromatic rings. The Morgan fingerprint density at radius 2 is 1.89 bits per heavy atom. The Hall–Kier alpha value is -2.86. The van der Waals surface area contributed by atoms with Crippen LogP contribution < -0.4 is 10.1 Å². The molecular formula is C22H26N2O4. The molecule has 1 aliphatic rings. The molecule has 0 radical (unpaired) electrons. The summed E-state index contributed by atoms with van der Waals surface area (Å²) in [6.07, 6.45) is 2.13. The van der Waals surface area contributed by atoms with E-state index in [1.165, 1.54) is 4.90 Å². The lowest BCUT2D eigenvalue weighted by Crippen LogP contribution is -2.25. The number of hydrogen-bond acceptors (Lipinski definition) is 4. The fraction of sp³-hybridized carbons (Fsp3) is 0.364. The Bertz CT molecular complexity index is 812. The Kier molecular flexibility index (Phi) is 6.66. The topological polar surface area (TPSA) is 67.9 Å². The number of nitrogens with zero attached hydrogens (tertiary/aromatic N) is 1. The summed E-state index contributed by atoms with van der Waals surface area (Å²) >= 11 is 0. The average molecular weight is 382 g/mol. The van der Waals surface area contributed by atoms with Crippen LogP contribution in [0.5, 0.6) is 5.75 Å². The highest BCUT2D eigenvalue weighted by molar-refractivity contribution is 5.97. The summed E-state index contributed by atoms with van der Waals surface area (Å²) in [6, 6.07) is 14.4. The fourth-order valence-electron chi connectivity index (χ4n) is 3.04. The van der Waals surface area contributed by atoms with Crippen LogP contribution in [0, 0.1) is 0 Å². The first kappa shape index (κ1) is 19.9. The number of ether oxygens (including phenoxy) is 2. The van der Waals surface area contributed by atoms with E-state index in [2.05, 4.69) is 5.32 Å². The van der Waals surface area contributed by atoms with Gasteiger partial charge in [-0.1, -0.05) is 24.3 Å². The van der Waals surface area contributed by atoms with E-state index < -0.39 is 0 Å². The van der Waals surface area contributed by atoms with Crippen LogP contribution in [0.25, 0.3) is 0 Å². The van der Waals surface area contributed by atoms with Gasteiger partial charge < -0.3 is 19.7 Å². The molecule has 6 nitrogen and oxygen atoms in total. The van der Waals surface area contributed by atoms with Crippen molar-refractivity contribution in [2.24, 2.45) is 0 Å². The summed E-state index contributed by atoms with van der Waals surface area (Å²) in [5.74, 6) is 0.312. The minimum absolute atomic E-state index is 0.0482. The number of carbonyl (C=O) groups is 2. The van der Waals surface area contributed by atoms with Crippen molar-refractivity contribution in [3.05, 3.63) is 65.2 Å². The highest BCUT2D eigenvalue weighted by atomic mass is 16.5. The van der Waals surface area contributed by atoms with Gasteiger partial charge in [0.1, 0.15) is 12.4 Å². The molecule has 0 aliphatic carbocycles. The first-order chi connectivity index (χ1) is 13.5. The third-order valence-electron chi connectivity index (χ3n) is 4.64. The van der Waals surface area contributed by atoms with Gasteiger partial charge in [0.25, 0.3) is 11.8 Å². The number of rotatable bonds is 7. The van der Waals surface area contributed by atoms with Crippen LogP contribution in [-0.2, 0) is 11.3 Å². The molecule has 2 amide bonds. The van der Waals surface area contributed by atoms with Crippen LogP contribution in [0.4, 0.5) is 0 Å². The zero-order chi connectivity index (χ0) is 19.9. The second kappa shape index (κ2) is 9.37. The predicted octanol–water partition coefficient (Wildman–Crippen LogP) is 2.88. The molecule has 28 heavy (non-hydrogen) atoms. The highest BCUT2D eigenvalue weighted by Crippen LogP contribution is 2.20. The number of para-hydroxylation sites is 1. The molecule has 148 valence electrons. The minimum Gasteiger partial charge on any atom is -0.490 e. The molecule has 1 heterocycles. The number of hydrogen-bond donors (Lipinski definition) is 1. The van der Waals surface area contributed by atoms with E-state index in [0.29, 0.717) is 30.0 Å². The van der Waals surface area contributed by atoms with Crippen molar-refractivity contribution >= 4 is 11.8 Å². The maximum atomic E-state index is 12.6. The molecule has 3 rings (SSSR count). The zero-order valence-corrected chi connectivity index (χ0v) is 16.3. The maximum absolute atomic E-state index is 12.6. The molecule has 0 bridgehead atoms. The van der Waals surface area contributed by atoms with Gasteiger partial charge >= 0.3 is 0 Å². The summed E-state index contributed by atoms with van der Waals surface area (Å²) < 4.78 is 11.4. The summed E-state index contributed by atoms with van der Waals surface area (Å²) in [4.78, 5) is 26.1. The van der Waals surface area contributed by atoms with Gasteiger partial charge in [0.2, 0.25) is 0 Å². The van der Waals surface area contributed by atoms with E-state index in [1.807, 2.05) is 24.3 Å². The molecule has 1 aliphatic heterocycles. The summed E-state index contributed by atoms with van der Waals surface area (Å²) in [6.45, 7) is 1.59. The lowest BCUT2D eigenvalue weighted by Gasteiger charge is -2.15. The molecule has 1 atom stereocenters. The standard InChI is InChI=1S/C22H26N2O4/c1-24(2)22(26)17-11-9-16(10-12-17)14-23-21(25)19-7-3-4-8-20(19)28-15-18-6-5-13-27-18/h3-4,7-12,18H,5-6,13-15H2,1-2H3,(H,23,25). The molecule has 0 aromatic heterocycles. The quantitative estimate of drug-likeness (QED) is 0.800. The Balaban J connectivity index is 1.58. The first-order valence-corrected chi connectivity index (χ1v) is 9.47. The van der Waals surface area contributed by atoms with E-state index >= 15 is 0 Å². The molecule has 0 spiro atoms. The van der Waals surface area contributed by atoms with Crippen LogP contribution in [0.3, 0.4) is 0 Å². The first-order valence-electron chi connectivity index (χ1n) is 9.47. The molecule has 1 saturated heterocycles. The smallest absolute Gasteiger partial charge is 0.255 e. The summed E-state index contributed by atoms with van der Waals surface area (Å²) in [5.41, 5.74) is 2.04. The van der Waals surface area contributed by atoms with Crippen molar-refractivity contribution in [1.29, 1.82) is 0 Å². The van der Waals surface area contributed by atoms with Gasteiger partial charge in [-0.05, 0) is 42.7 Å². The van der Waals surface area contributed by atoms with Crippen molar-refractivity contribution in [1.82, 2.24) is 10.2 Å². The average Bonchev–Trinajstić information content (AvgIpc) is 3.24. The lowest BCUT2D eigenvalue weighted by atomic mass is 10.1. The van der Waals surface area contributed by atoms with Crippen molar-refractivity contribution < 1.29 is 19.1 Å². The van der Waals surface area contributed by atoms with E-state index in [-0.39, 0.29) is 17.9 Å². The molecule has 0 saturated carbocycles. The molecule has 1 fully saturated rings. The number of benzene rings is 2. The largest absolute Gasteiger partial charge is 0.490 e. The van der Waals surface area contributed by atoms with Gasteiger partial charge in [-0.3, -0.25) is 9.59 Å². The third-order valence-corrected chi connectivity index (χ3v) is 4.64. The minimum atomic E-state index is -0.198. The number of amides is 2. The summed E-state index contributed by atoms with van der Waals surface area (Å²) in [7, 11) is 3.43. The summed E-state index contributed by atoms with van der Waals surface area (Å²) in [5, 5.41) is 2.91. The number of carbonyl (C=O) groups excluding carboxylic acids is 2. The van der Waals surface area contributed by atoms with E-state index in [0.717, 1.165) is 25.0 Å². The maximum Gasteiger partial charge on any atom is 0.255 e. The molecule has 1 unspecified atom stereocenters. The molecule has 6 heteroatoms. The van der Waals surface area contributed by atoms with E-state index in [1.54, 1.807) is 38.4 Å². The van der Waals surface area contributed by atoms with E-state index in [4.69, 9.17) is 9.47 Å². The van der Waals surface area contributed by atoms with Crippen LogP contribution in [0.2, 0.25) is 0 Å². The second-order valence-corrected chi connectivity index (χ2v) is 7.02. The van der Waals surface area contributed by atoms with Crippen molar-refractivity contribution in [2.45, 2.75) is 25.5 Å². The number of nitrogens with one attached hydrogen (secondary N) is 1. The monoisotopic (exact) mass is 382 g/mol. The van der Waals surface area contributed by atoms with Gasteiger partial charge in [-0.2, -0.15) is 0 Å². The van der Waals surface area contributed by atoms with Crippen molar-refractivity contribution in [3.8, 4) is 5.75 Å². The van der Waals surface area contributed by atoms with E-state index in [9.17, 15) is 9.59 Å². The van der Waals surface area contributed by atoms with Gasteiger partial charge in [0.05, 0.1) is 11.7 Å². The second-order valence-electron chi connectivity index (χ2n) is 7.02. The SMILES string of the molecule is CN(C)C(=O)c1ccc(CNC(=O)c2ccccc2OCC2CCCO2)cc1. The normalized spacial score (nSPS) is 15.9. The van der Waals surface area contributed by atoms with Crippen LogP contribution in [0.1, 0.15) is 39.1 Å². The van der Waals surface area contributed by atoms with Gasteiger partial charge in [0, 0.05) is 32.8 Å². The van der Waals surface area contributed by atoms with Crippen LogP contribution in [0.15, 0.2) is 48.5 Å². The molecule has 1 N–H and O–H groups in total. The highest BCUT2D eigenvalue weighted by Gasteiger charge is 2.18.